The third-order valence-corrected chi connectivity index (χ3v) is 13.4. The molecule has 7 nitrogen and oxygen atoms in total. The van der Waals surface area contributed by atoms with Gasteiger partial charge in [-0.3, -0.25) is 14.4 Å². The van der Waals surface area contributed by atoms with Gasteiger partial charge in [0, 0.05) is 25.2 Å². The van der Waals surface area contributed by atoms with Crippen LogP contribution in [0, 0.1) is 28.6 Å². The Kier molecular flexibility index (Phi) is 24.3. The number of unbranched alkanes of at least 4 members (excludes halogenated alkanes) is 12. The van der Waals surface area contributed by atoms with Crippen LogP contribution in [-0.2, 0) is 28.6 Å². The number of ether oxygens (including phenoxy) is 3. The van der Waals surface area contributed by atoms with Crippen LogP contribution in [0.25, 0.3) is 0 Å². The summed E-state index contributed by atoms with van der Waals surface area (Å²) in [5.74, 6) is 1.79. The zero-order chi connectivity index (χ0) is 39.0. The SMILES string of the molecule is CCCCCC(CCCCC)CCOC(=O)CCCCCCCC(CCCCCCCC(=O)OCC1C2CCC1(C)C2(C)C)OC(=O)CCCN(C)C. The van der Waals surface area contributed by atoms with Crippen molar-refractivity contribution in [1.82, 2.24) is 4.90 Å². The molecule has 3 fully saturated rings. The lowest BCUT2D eigenvalue weighted by molar-refractivity contribution is -0.168. The molecule has 53 heavy (non-hydrogen) atoms. The molecule has 2 bridgehead atoms. The van der Waals surface area contributed by atoms with Crippen molar-refractivity contribution in [2.24, 2.45) is 28.6 Å². The minimum absolute atomic E-state index is 0.0202. The van der Waals surface area contributed by atoms with Crippen LogP contribution in [0.1, 0.15) is 208 Å². The highest BCUT2D eigenvalue weighted by Crippen LogP contribution is 2.73. The van der Waals surface area contributed by atoms with Gasteiger partial charge in [-0.2, -0.15) is 0 Å². The number of carbonyl (C=O) groups is 3. The molecule has 0 aromatic rings. The lowest BCUT2D eigenvalue weighted by Crippen LogP contribution is -2.56. The molecule has 3 rings (SSSR count). The van der Waals surface area contributed by atoms with E-state index in [1.54, 1.807) is 0 Å². The average molecular weight is 748 g/mol. The summed E-state index contributed by atoms with van der Waals surface area (Å²) in [7, 11) is 4.06. The largest absolute Gasteiger partial charge is 0.466 e. The van der Waals surface area contributed by atoms with E-state index in [-0.39, 0.29) is 24.0 Å². The van der Waals surface area contributed by atoms with Gasteiger partial charge in [0.2, 0.25) is 0 Å². The van der Waals surface area contributed by atoms with Gasteiger partial charge in [-0.05, 0) is 108 Å². The molecule has 3 aliphatic rings. The van der Waals surface area contributed by atoms with E-state index in [2.05, 4.69) is 39.5 Å². The number of hydrogen-bond acceptors (Lipinski definition) is 7. The average Bonchev–Trinajstić information content (AvgIpc) is 3.59. The van der Waals surface area contributed by atoms with Crippen molar-refractivity contribution >= 4 is 17.9 Å². The molecule has 0 saturated heterocycles. The van der Waals surface area contributed by atoms with Gasteiger partial charge >= 0.3 is 17.9 Å². The number of carbonyl (C=O) groups excluding carboxylic acids is 3. The van der Waals surface area contributed by atoms with Crippen molar-refractivity contribution in [1.29, 1.82) is 0 Å². The molecule has 0 heterocycles. The Morgan fingerprint density at radius 2 is 1.13 bits per heavy atom. The van der Waals surface area contributed by atoms with E-state index < -0.39 is 0 Å². The van der Waals surface area contributed by atoms with Crippen LogP contribution in [0.3, 0.4) is 0 Å². The number of rotatable bonds is 34. The first kappa shape index (κ1) is 47.5. The van der Waals surface area contributed by atoms with Crippen molar-refractivity contribution in [2.45, 2.75) is 214 Å². The predicted octanol–water partition coefficient (Wildman–Crippen LogP) is 12.0. The van der Waals surface area contributed by atoms with E-state index in [1.165, 1.54) is 64.2 Å². The van der Waals surface area contributed by atoms with Crippen molar-refractivity contribution in [3.05, 3.63) is 0 Å². The number of nitrogens with zero attached hydrogens (tertiary/aromatic N) is 1. The zero-order valence-corrected chi connectivity index (χ0v) is 35.9. The lowest BCUT2D eigenvalue weighted by Gasteiger charge is -2.59. The van der Waals surface area contributed by atoms with Crippen LogP contribution in [0.4, 0.5) is 0 Å². The Balaban J connectivity index is 1.56. The van der Waals surface area contributed by atoms with Crippen molar-refractivity contribution in [3.63, 3.8) is 0 Å². The van der Waals surface area contributed by atoms with E-state index in [1.807, 2.05) is 14.1 Å². The Bertz CT molecular complexity index is 987. The first-order chi connectivity index (χ1) is 25.4. The second-order valence-corrected chi connectivity index (χ2v) is 18.1. The summed E-state index contributed by atoms with van der Waals surface area (Å²) in [6, 6.07) is 0. The molecular formula is C46H85NO6. The lowest BCUT2D eigenvalue weighted by atomic mass is 9.45. The van der Waals surface area contributed by atoms with Crippen LogP contribution >= 0.6 is 0 Å². The van der Waals surface area contributed by atoms with E-state index >= 15 is 0 Å². The molecule has 0 aromatic carbocycles. The molecule has 310 valence electrons. The predicted molar refractivity (Wildman–Crippen MR) is 219 cm³/mol. The molecule has 7 heteroatoms. The van der Waals surface area contributed by atoms with Crippen LogP contribution in [-0.4, -0.2) is 62.8 Å². The maximum Gasteiger partial charge on any atom is 0.306 e. The van der Waals surface area contributed by atoms with Gasteiger partial charge in [0.1, 0.15) is 6.10 Å². The van der Waals surface area contributed by atoms with Gasteiger partial charge in [0.15, 0.2) is 0 Å². The first-order valence-electron chi connectivity index (χ1n) is 22.6. The first-order valence-corrected chi connectivity index (χ1v) is 22.6. The number of esters is 3. The molecular weight excluding hydrogens is 663 g/mol. The molecule has 0 aromatic heterocycles. The maximum absolute atomic E-state index is 12.6. The second-order valence-electron chi connectivity index (χ2n) is 18.1. The summed E-state index contributed by atoms with van der Waals surface area (Å²) < 4.78 is 17.3. The summed E-state index contributed by atoms with van der Waals surface area (Å²) in [5.41, 5.74) is 0.717. The molecule has 0 N–H and O–H groups in total. The standard InChI is InChI=1S/C46H85NO6/c1-8-10-18-25-38(26-19-11-9-2)33-36-51-42(48)29-22-16-12-14-20-27-39(53-44(50)31-24-35-47(6)7)28-21-15-13-17-23-30-43(49)52-37-41-40-32-34-46(41,5)45(40,3)4/h38-41H,8-37H2,1-7H3. The molecule has 0 aliphatic heterocycles. The van der Waals surface area contributed by atoms with Crippen LogP contribution < -0.4 is 0 Å². The molecule has 0 amide bonds. The summed E-state index contributed by atoms with van der Waals surface area (Å²) in [6.07, 6.45) is 28.2. The molecule has 0 spiro atoms. The summed E-state index contributed by atoms with van der Waals surface area (Å²) in [4.78, 5) is 39.5. The topological polar surface area (TPSA) is 82.1 Å². The smallest absolute Gasteiger partial charge is 0.306 e. The van der Waals surface area contributed by atoms with Crippen LogP contribution in [0.5, 0.6) is 0 Å². The Morgan fingerprint density at radius 3 is 1.64 bits per heavy atom. The minimum Gasteiger partial charge on any atom is -0.466 e. The van der Waals surface area contributed by atoms with E-state index in [0.717, 1.165) is 96.4 Å². The highest BCUT2D eigenvalue weighted by atomic mass is 16.5. The molecule has 0 radical (unpaired) electrons. The van der Waals surface area contributed by atoms with Gasteiger partial charge in [-0.25, -0.2) is 0 Å². The Morgan fingerprint density at radius 1 is 0.623 bits per heavy atom. The molecule has 3 aliphatic carbocycles. The van der Waals surface area contributed by atoms with Crippen molar-refractivity contribution < 1.29 is 28.6 Å². The van der Waals surface area contributed by atoms with Crippen LogP contribution in [0.2, 0.25) is 0 Å². The third kappa shape index (κ3) is 18.2. The fourth-order valence-electron chi connectivity index (χ4n) is 9.43. The molecule has 4 unspecified atom stereocenters. The summed E-state index contributed by atoms with van der Waals surface area (Å²) >= 11 is 0. The van der Waals surface area contributed by atoms with Crippen molar-refractivity contribution in [3.8, 4) is 0 Å². The second kappa shape index (κ2) is 27.0. The Hall–Kier alpha value is -1.63. The Labute approximate surface area is 327 Å². The van der Waals surface area contributed by atoms with Gasteiger partial charge in [0.25, 0.3) is 0 Å². The zero-order valence-electron chi connectivity index (χ0n) is 35.9. The fourth-order valence-corrected chi connectivity index (χ4v) is 9.43. The van der Waals surface area contributed by atoms with Crippen molar-refractivity contribution in [2.75, 3.05) is 33.9 Å². The van der Waals surface area contributed by atoms with Gasteiger partial charge in [-0.1, -0.05) is 125 Å². The van der Waals surface area contributed by atoms with Gasteiger partial charge in [-0.15, -0.1) is 0 Å². The highest BCUT2D eigenvalue weighted by Gasteiger charge is 2.68. The minimum atomic E-state index is -0.0745. The molecule has 3 saturated carbocycles. The van der Waals surface area contributed by atoms with Crippen LogP contribution in [0.15, 0.2) is 0 Å². The maximum atomic E-state index is 12.6. The number of fused-ring (bicyclic) bond motifs is 1. The quantitative estimate of drug-likeness (QED) is 0.0368. The highest BCUT2D eigenvalue weighted by molar-refractivity contribution is 5.70. The van der Waals surface area contributed by atoms with E-state index in [4.69, 9.17) is 14.2 Å². The summed E-state index contributed by atoms with van der Waals surface area (Å²) in [6.45, 7) is 13.7. The third-order valence-electron chi connectivity index (χ3n) is 13.4. The number of hydrogen-bond donors (Lipinski definition) is 0. The van der Waals surface area contributed by atoms with E-state index in [9.17, 15) is 14.4 Å². The summed E-state index contributed by atoms with van der Waals surface area (Å²) in [5, 5.41) is 0. The normalized spacial score (nSPS) is 20.8. The monoisotopic (exact) mass is 748 g/mol. The molecule has 4 atom stereocenters. The van der Waals surface area contributed by atoms with E-state index in [0.29, 0.717) is 61.1 Å². The van der Waals surface area contributed by atoms with Gasteiger partial charge < -0.3 is 19.1 Å². The fraction of sp³-hybridized carbons (Fsp3) is 0.935. The van der Waals surface area contributed by atoms with Gasteiger partial charge in [0.05, 0.1) is 13.2 Å².